The van der Waals surface area contributed by atoms with E-state index in [2.05, 4.69) is 18.2 Å². The average molecular weight is 265 g/mol. The Balaban J connectivity index is 2.86. The lowest BCUT2D eigenvalue weighted by Crippen LogP contribution is -2.36. The first-order valence-corrected chi connectivity index (χ1v) is 6.68. The molecule has 1 aromatic rings. The molecular weight excluding hydrogens is 244 g/mol. The maximum absolute atomic E-state index is 5.96. The van der Waals surface area contributed by atoms with Gasteiger partial charge >= 0.3 is 0 Å². The van der Waals surface area contributed by atoms with E-state index in [1.165, 1.54) is 5.56 Å². The molecule has 0 bridgehead atoms. The fourth-order valence-corrected chi connectivity index (χ4v) is 2.29. The molecular formula is C15H21ClN2. The third kappa shape index (κ3) is 4.03. The van der Waals surface area contributed by atoms with Gasteiger partial charge in [0.15, 0.2) is 0 Å². The molecule has 2 nitrogen and oxygen atoms in total. The van der Waals surface area contributed by atoms with Gasteiger partial charge in [-0.2, -0.15) is 0 Å². The summed E-state index contributed by atoms with van der Waals surface area (Å²) in [6.07, 6.45) is 7.54. The minimum absolute atomic E-state index is 0.0682. The Hall–Kier alpha value is -1.01. The zero-order valence-electron chi connectivity index (χ0n) is 11.0. The molecule has 0 saturated heterocycles. The zero-order valence-corrected chi connectivity index (χ0v) is 11.8. The smallest absolute Gasteiger partial charge is 0.0692 e. The summed E-state index contributed by atoms with van der Waals surface area (Å²) in [5.41, 5.74) is 8.15. The normalized spacial score (nSPS) is 13.9. The van der Waals surface area contributed by atoms with Crippen molar-refractivity contribution in [2.75, 3.05) is 6.54 Å². The topological polar surface area (TPSA) is 38.0 Å². The molecule has 0 fully saturated rings. The Labute approximate surface area is 115 Å². The molecule has 0 heterocycles. The van der Waals surface area contributed by atoms with Gasteiger partial charge in [-0.3, -0.25) is 5.32 Å². The molecule has 0 aromatic heterocycles. The average Bonchev–Trinajstić information content (AvgIpc) is 2.35. The lowest BCUT2D eigenvalue weighted by atomic mass is 10.00. The van der Waals surface area contributed by atoms with Crippen molar-refractivity contribution in [1.82, 2.24) is 5.32 Å². The van der Waals surface area contributed by atoms with E-state index >= 15 is 0 Å². The Morgan fingerprint density at radius 2 is 2.22 bits per heavy atom. The molecule has 0 spiro atoms. The lowest BCUT2D eigenvalue weighted by Gasteiger charge is -2.23. The highest BCUT2D eigenvalue weighted by atomic mass is 35.5. The van der Waals surface area contributed by atoms with Gasteiger partial charge in [0, 0.05) is 17.6 Å². The number of hydrogen-bond acceptors (Lipinski definition) is 2. The second kappa shape index (κ2) is 7.43. The maximum Gasteiger partial charge on any atom is 0.0692 e. The number of nitrogens with one attached hydrogen (secondary N) is 1. The summed E-state index contributed by atoms with van der Waals surface area (Å²) < 4.78 is 0. The van der Waals surface area contributed by atoms with E-state index in [0.717, 1.165) is 23.4 Å². The van der Waals surface area contributed by atoms with Crippen LogP contribution in [0.1, 0.15) is 36.9 Å². The summed E-state index contributed by atoms with van der Waals surface area (Å²) in [6, 6.07) is 6.00. The van der Waals surface area contributed by atoms with Crippen molar-refractivity contribution < 1.29 is 0 Å². The highest BCUT2D eigenvalue weighted by Crippen LogP contribution is 2.21. The van der Waals surface area contributed by atoms with Crippen LogP contribution in [-0.4, -0.2) is 12.6 Å². The third-order valence-electron chi connectivity index (χ3n) is 3.02. The molecule has 2 unspecified atom stereocenters. The van der Waals surface area contributed by atoms with Crippen molar-refractivity contribution >= 4 is 11.6 Å². The first kappa shape index (κ1) is 15.0. The number of benzene rings is 1. The molecule has 98 valence electrons. The van der Waals surface area contributed by atoms with Crippen LogP contribution >= 0.6 is 11.6 Å². The Morgan fingerprint density at radius 3 is 2.72 bits per heavy atom. The molecule has 3 heteroatoms. The van der Waals surface area contributed by atoms with E-state index < -0.39 is 0 Å². The molecule has 0 amide bonds. The van der Waals surface area contributed by atoms with Crippen molar-refractivity contribution in [3.63, 3.8) is 0 Å². The van der Waals surface area contributed by atoms with Crippen LogP contribution in [0.5, 0.6) is 0 Å². The van der Waals surface area contributed by atoms with Gasteiger partial charge in [0.1, 0.15) is 0 Å². The Bertz CT molecular complexity index is 423. The highest BCUT2D eigenvalue weighted by molar-refractivity contribution is 6.30. The monoisotopic (exact) mass is 264 g/mol. The SMILES string of the molecule is C#CC(CCC)NC(CN)c1ccc(Cl)cc1C. The second-order valence-corrected chi connectivity index (χ2v) is 4.90. The van der Waals surface area contributed by atoms with Crippen molar-refractivity contribution in [3.05, 3.63) is 34.3 Å². The van der Waals surface area contributed by atoms with Crippen LogP contribution in [0.4, 0.5) is 0 Å². The molecule has 1 rings (SSSR count). The van der Waals surface area contributed by atoms with Crippen LogP contribution in [-0.2, 0) is 0 Å². The van der Waals surface area contributed by atoms with E-state index in [9.17, 15) is 0 Å². The molecule has 2 atom stereocenters. The van der Waals surface area contributed by atoms with Crippen molar-refractivity contribution in [2.24, 2.45) is 5.73 Å². The summed E-state index contributed by atoms with van der Waals surface area (Å²) in [4.78, 5) is 0. The fourth-order valence-electron chi connectivity index (χ4n) is 2.06. The summed E-state index contributed by atoms with van der Waals surface area (Å²) in [7, 11) is 0. The second-order valence-electron chi connectivity index (χ2n) is 4.46. The first-order valence-electron chi connectivity index (χ1n) is 6.30. The summed E-state index contributed by atoms with van der Waals surface area (Å²) >= 11 is 5.96. The molecule has 3 N–H and O–H groups in total. The zero-order chi connectivity index (χ0) is 13.5. The summed E-state index contributed by atoms with van der Waals surface area (Å²) in [5.74, 6) is 2.78. The first-order chi connectivity index (χ1) is 8.62. The van der Waals surface area contributed by atoms with Gasteiger partial charge < -0.3 is 5.73 Å². The highest BCUT2D eigenvalue weighted by Gasteiger charge is 2.15. The summed E-state index contributed by atoms with van der Waals surface area (Å²) in [5, 5.41) is 4.17. The van der Waals surface area contributed by atoms with Crippen LogP contribution in [0.3, 0.4) is 0 Å². The van der Waals surface area contributed by atoms with Crippen LogP contribution in [0.25, 0.3) is 0 Å². The number of halogens is 1. The van der Waals surface area contributed by atoms with E-state index in [0.29, 0.717) is 6.54 Å². The molecule has 0 aliphatic carbocycles. The van der Waals surface area contributed by atoms with Gasteiger partial charge in [0.25, 0.3) is 0 Å². The molecule has 0 saturated carbocycles. The number of rotatable bonds is 6. The Kier molecular flexibility index (Phi) is 6.21. The largest absolute Gasteiger partial charge is 0.329 e. The number of terminal acetylenes is 1. The predicted octanol–water partition coefficient (Wildman–Crippen LogP) is 3.04. The standard InChI is InChI=1S/C15H21ClN2/c1-4-6-13(5-2)18-15(10-17)14-8-7-12(16)9-11(14)3/h2,7-9,13,15,18H,4,6,10,17H2,1,3H3. The van der Waals surface area contributed by atoms with E-state index in [1.54, 1.807) is 0 Å². The minimum atomic E-state index is 0.0682. The van der Waals surface area contributed by atoms with Gasteiger partial charge in [-0.05, 0) is 36.6 Å². The maximum atomic E-state index is 5.96. The molecule has 0 aliphatic heterocycles. The number of aryl methyl sites for hydroxylation is 1. The lowest BCUT2D eigenvalue weighted by molar-refractivity contribution is 0.474. The molecule has 0 aliphatic rings. The minimum Gasteiger partial charge on any atom is -0.329 e. The van der Waals surface area contributed by atoms with Gasteiger partial charge in [-0.25, -0.2) is 0 Å². The van der Waals surface area contributed by atoms with Gasteiger partial charge in [-0.15, -0.1) is 6.42 Å². The van der Waals surface area contributed by atoms with Crippen LogP contribution in [0.2, 0.25) is 5.02 Å². The Morgan fingerprint density at radius 1 is 1.50 bits per heavy atom. The van der Waals surface area contributed by atoms with Crippen molar-refractivity contribution in [1.29, 1.82) is 0 Å². The summed E-state index contributed by atoms with van der Waals surface area (Å²) in [6.45, 7) is 4.68. The van der Waals surface area contributed by atoms with Crippen molar-refractivity contribution in [2.45, 2.75) is 38.8 Å². The third-order valence-corrected chi connectivity index (χ3v) is 3.26. The van der Waals surface area contributed by atoms with E-state index in [-0.39, 0.29) is 12.1 Å². The van der Waals surface area contributed by atoms with Crippen molar-refractivity contribution in [3.8, 4) is 12.3 Å². The predicted molar refractivity (Wildman–Crippen MR) is 78.6 cm³/mol. The van der Waals surface area contributed by atoms with Gasteiger partial charge in [0.2, 0.25) is 0 Å². The molecule has 0 radical (unpaired) electrons. The van der Waals surface area contributed by atoms with E-state index in [4.69, 9.17) is 23.8 Å². The quantitative estimate of drug-likeness (QED) is 0.775. The van der Waals surface area contributed by atoms with Crippen LogP contribution in [0, 0.1) is 19.3 Å². The van der Waals surface area contributed by atoms with Crippen LogP contribution in [0.15, 0.2) is 18.2 Å². The van der Waals surface area contributed by atoms with Crippen LogP contribution < -0.4 is 11.1 Å². The van der Waals surface area contributed by atoms with E-state index in [1.807, 2.05) is 25.1 Å². The number of nitrogens with two attached hydrogens (primary N) is 1. The van der Waals surface area contributed by atoms with Gasteiger partial charge in [0.05, 0.1) is 6.04 Å². The molecule has 1 aromatic carbocycles. The van der Waals surface area contributed by atoms with Gasteiger partial charge in [-0.1, -0.05) is 36.9 Å². The molecule has 18 heavy (non-hydrogen) atoms. The fraction of sp³-hybridized carbons (Fsp3) is 0.467. The number of hydrogen-bond donors (Lipinski definition) is 2.